The summed E-state index contributed by atoms with van der Waals surface area (Å²) < 4.78 is 0. The van der Waals surface area contributed by atoms with Crippen LogP contribution in [0.4, 0.5) is 0 Å². The van der Waals surface area contributed by atoms with Crippen molar-refractivity contribution in [3.8, 4) is 0 Å². The number of primary amides is 1. The van der Waals surface area contributed by atoms with Gasteiger partial charge in [-0.05, 0) is 37.3 Å². The number of nitrogens with two attached hydrogens (primary N) is 2. The average molecular weight is 264 g/mol. The molecular weight excluding hydrogens is 244 g/mol. The monoisotopic (exact) mass is 264 g/mol. The van der Waals surface area contributed by atoms with Crippen LogP contribution in [0.2, 0.25) is 0 Å². The van der Waals surface area contributed by atoms with Crippen molar-refractivity contribution in [1.29, 1.82) is 0 Å². The molecule has 1 fully saturated rings. The zero-order valence-corrected chi connectivity index (χ0v) is 11.5. The highest BCUT2D eigenvalue weighted by Gasteiger charge is 2.40. The Morgan fingerprint density at radius 1 is 1.50 bits per heavy atom. The summed E-state index contributed by atoms with van der Waals surface area (Å²) in [6, 6.07) is 8.40. The lowest BCUT2D eigenvalue weighted by atomic mass is 9.99. The quantitative estimate of drug-likeness (QED) is 0.873. The number of rotatable bonds is 4. The summed E-state index contributed by atoms with van der Waals surface area (Å²) >= 11 is 1.88. The minimum Gasteiger partial charge on any atom is -0.368 e. The van der Waals surface area contributed by atoms with E-state index in [1.54, 1.807) is 0 Å². The maximum atomic E-state index is 11.3. The van der Waals surface area contributed by atoms with Crippen molar-refractivity contribution in [3.05, 3.63) is 35.4 Å². The van der Waals surface area contributed by atoms with Gasteiger partial charge in [-0.1, -0.05) is 24.3 Å². The van der Waals surface area contributed by atoms with E-state index in [-0.39, 0.29) is 5.91 Å². The van der Waals surface area contributed by atoms with Crippen LogP contribution >= 0.6 is 11.8 Å². The minimum absolute atomic E-state index is 0.360. The van der Waals surface area contributed by atoms with E-state index in [1.807, 2.05) is 11.8 Å². The van der Waals surface area contributed by atoms with Gasteiger partial charge in [-0.25, -0.2) is 0 Å². The molecule has 0 radical (unpaired) electrons. The first-order valence-electron chi connectivity index (χ1n) is 6.26. The number of amides is 1. The van der Waals surface area contributed by atoms with Crippen LogP contribution in [0.5, 0.6) is 0 Å². The Morgan fingerprint density at radius 2 is 2.22 bits per heavy atom. The molecule has 3 nitrogen and oxygen atoms in total. The maximum absolute atomic E-state index is 11.3. The van der Waals surface area contributed by atoms with Crippen molar-refractivity contribution < 1.29 is 4.79 Å². The van der Waals surface area contributed by atoms with E-state index in [4.69, 9.17) is 11.5 Å². The summed E-state index contributed by atoms with van der Waals surface area (Å²) in [4.78, 5) is 11.3. The first-order valence-corrected chi connectivity index (χ1v) is 7.31. The van der Waals surface area contributed by atoms with Gasteiger partial charge in [0.1, 0.15) is 0 Å². The maximum Gasteiger partial charge on any atom is 0.237 e. The molecule has 0 saturated heterocycles. The first kappa shape index (κ1) is 13.4. The van der Waals surface area contributed by atoms with E-state index in [0.29, 0.717) is 18.1 Å². The van der Waals surface area contributed by atoms with E-state index in [9.17, 15) is 4.79 Å². The fraction of sp³-hybridized carbons (Fsp3) is 0.500. The topological polar surface area (TPSA) is 69.1 Å². The second-order valence-corrected chi connectivity index (χ2v) is 6.41. The Kier molecular flexibility index (Phi) is 3.97. The third-order valence-electron chi connectivity index (χ3n) is 3.73. The van der Waals surface area contributed by atoms with E-state index in [0.717, 1.165) is 12.2 Å². The van der Waals surface area contributed by atoms with Gasteiger partial charge in [0.2, 0.25) is 5.91 Å². The molecule has 2 atom stereocenters. The molecule has 2 unspecified atom stereocenters. The molecule has 1 aliphatic carbocycles. The lowest BCUT2D eigenvalue weighted by Crippen LogP contribution is -2.50. The van der Waals surface area contributed by atoms with Gasteiger partial charge in [-0.3, -0.25) is 4.79 Å². The molecule has 18 heavy (non-hydrogen) atoms. The molecular formula is C14H20N2OS. The zero-order valence-electron chi connectivity index (χ0n) is 10.7. The van der Waals surface area contributed by atoms with E-state index < -0.39 is 5.54 Å². The van der Waals surface area contributed by atoms with Crippen molar-refractivity contribution in [2.24, 2.45) is 11.5 Å². The zero-order chi connectivity index (χ0) is 13.2. The second-order valence-electron chi connectivity index (χ2n) is 5.12. The Hall–Kier alpha value is -1.00. The van der Waals surface area contributed by atoms with Gasteiger partial charge < -0.3 is 11.5 Å². The largest absolute Gasteiger partial charge is 0.368 e. The average Bonchev–Trinajstić information content (AvgIpc) is 2.72. The molecule has 2 rings (SSSR count). The molecule has 0 heterocycles. The van der Waals surface area contributed by atoms with Crippen LogP contribution in [0.1, 0.15) is 30.4 Å². The van der Waals surface area contributed by atoms with Crippen molar-refractivity contribution in [2.45, 2.75) is 42.7 Å². The molecule has 0 aromatic heterocycles. The van der Waals surface area contributed by atoms with Gasteiger partial charge in [0.05, 0.1) is 5.54 Å². The number of aryl methyl sites for hydroxylation is 1. The molecule has 4 heteroatoms. The lowest BCUT2D eigenvalue weighted by molar-refractivity contribution is -0.122. The summed E-state index contributed by atoms with van der Waals surface area (Å²) in [6.07, 6.45) is 2.41. The molecule has 98 valence electrons. The number of hydrogen-bond acceptors (Lipinski definition) is 3. The Bertz CT molecular complexity index is 449. The molecule has 1 saturated carbocycles. The number of benzene rings is 1. The summed E-state index contributed by atoms with van der Waals surface area (Å²) in [6.45, 7) is 2.13. The molecule has 0 bridgehead atoms. The minimum atomic E-state index is -0.774. The Labute approximate surface area is 112 Å². The summed E-state index contributed by atoms with van der Waals surface area (Å²) in [5.41, 5.74) is 13.3. The molecule has 1 aromatic carbocycles. The fourth-order valence-corrected chi connectivity index (χ4v) is 3.81. The van der Waals surface area contributed by atoms with Crippen LogP contribution in [-0.4, -0.2) is 16.7 Å². The first-order chi connectivity index (χ1) is 8.51. The van der Waals surface area contributed by atoms with Crippen LogP contribution in [-0.2, 0) is 10.5 Å². The van der Waals surface area contributed by atoms with Crippen LogP contribution in [0.25, 0.3) is 0 Å². The lowest BCUT2D eigenvalue weighted by Gasteiger charge is -2.19. The standard InChI is InChI=1S/C14H20N2OS/c1-10-4-2-3-5-11(10)9-18-12-6-7-14(16,8-12)13(15)17/h2-5,12H,6-9,16H2,1H3,(H2,15,17). The number of hydrogen-bond donors (Lipinski definition) is 2. The third-order valence-corrected chi connectivity index (χ3v) is 5.08. The van der Waals surface area contributed by atoms with Gasteiger partial charge in [0.25, 0.3) is 0 Å². The van der Waals surface area contributed by atoms with Crippen molar-refractivity contribution in [1.82, 2.24) is 0 Å². The summed E-state index contributed by atoms with van der Waals surface area (Å²) in [5, 5.41) is 0.446. The molecule has 0 aliphatic heterocycles. The van der Waals surface area contributed by atoms with Crippen molar-refractivity contribution in [3.63, 3.8) is 0 Å². The second kappa shape index (κ2) is 5.33. The summed E-state index contributed by atoms with van der Waals surface area (Å²) in [5.74, 6) is 0.619. The Morgan fingerprint density at radius 3 is 2.83 bits per heavy atom. The molecule has 1 aromatic rings. The van der Waals surface area contributed by atoms with Gasteiger partial charge in [0.15, 0.2) is 0 Å². The predicted octanol–water partition coefficient (Wildman–Crippen LogP) is 1.96. The summed E-state index contributed by atoms with van der Waals surface area (Å²) in [7, 11) is 0. The number of carbonyl (C=O) groups excluding carboxylic acids is 1. The van der Waals surface area contributed by atoms with Gasteiger partial charge >= 0.3 is 0 Å². The number of carbonyl (C=O) groups is 1. The highest BCUT2D eigenvalue weighted by molar-refractivity contribution is 7.99. The van der Waals surface area contributed by atoms with Gasteiger partial charge in [0, 0.05) is 11.0 Å². The highest BCUT2D eigenvalue weighted by atomic mass is 32.2. The van der Waals surface area contributed by atoms with Crippen molar-refractivity contribution >= 4 is 17.7 Å². The third kappa shape index (κ3) is 2.87. The predicted molar refractivity (Wildman–Crippen MR) is 76.2 cm³/mol. The normalized spacial score (nSPS) is 27.3. The smallest absolute Gasteiger partial charge is 0.237 e. The number of thioether (sulfide) groups is 1. The molecule has 0 spiro atoms. The van der Waals surface area contributed by atoms with Crippen LogP contribution < -0.4 is 11.5 Å². The van der Waals surface area contributed by atoms with E-state index in [2.05, 4.69) is 31.2 Å². The van der Waals surface area contributed by atoms with Crippen LogP contribution in [0, 0.1) is 6.92 Å². The molecule has 4 N–H and O–H groups in total. The van der Waals surface area contributed by atoms with Crippen LogP contribution in [0.3, 0.4) is 0 Å². The fourth-order valence-electron chi connectivity index (χ4n) is 2.37. The van der Waals surface area contributed by atoms with Gasteiger partial charge in [-0.2, -0.15) is 11.8 Å². The Balaban J connectivity index is 1.90. The van der Waals surface area contributed by atoms with Gasteiger partial charge in [-0.15, -0.1) is 0 Å². The van der Waals surface area contributed by atoms with Crippen molar-refractivity contribution in [2.75, 3.05) is 0 Å². The molecule has 1 aliphatic rings. The van der Waals surface area contributed by atoms with E-state index >= 15 is 0 Å². The molecule has 1 amide bonds. The highest BCUT2D eigenvalue weighted by Crippen LogP contribution is 2.37. The van der Waals surface area contributed by atoms with Crippen LogP contribution in [0.15, 0.2) is 24.3 Å². The van der Waals surface area contributed by atoms with E-state index in [1.165, 1.54) is 11.1 Å². The SMILES string of the molecule is Cc1ccccc1CSC1CCC(N)(C(N)=O)C1.